The van der Waals surface area contributed by atoms with E-state index in [1.807, 2.05) is 0 Å². The van der Waals surface area contributed by atoms with Crippen molar-refractivity contribution in [1.29, 1.82) is 0 Å². The van der Waals surface area contributed by atoms with Crippen LogP contribution in [0.5, 0.6) is 0 Å². The number of unbranched alkanes of at least 4 members (excludes halogenated alkanes) is 6. The second-order valence-corrected chi connectivity index (χ2v) is 28.4. The van der Waals surface area contributed by atoms with Crippen LogP contribution in [-0.4, -0.2) is 33.2 Å². The van der Waals surface area contributed by atoms with Crippen LogP contribution < -0.4 is 4.90 Å². The van der Waals surface area contributed by atoms with Gasteiger partial charge in [0.15, 0.2) is 0 Å². The van der Waals surface area contributed by atoms with Crippen molar-refractivity contribution in [3.05, 3.63) is 254 Å². The van der Waals surface area contributed by atoms with Crippen LogP contribution in [0.4, 0.5) is 11.4 Å². The quantitative estimate of drug-likeness (QED) is 0.0452. The Morgan fingerprint density at radius 2 is 1.02 bits per heavy atom. The molecule has 452 valence electrons. The molecule has 4 aliphatic rings. The van der Waals surface area contributed by atoms with E-state index in [9.17, 15) is 9.90 Å². The molecule has 0 unspecified atom stereocenters. The van der Waals surface area contributed by atoms with Gasteiger partial charge in [-0.25, -0.2) is 4.79 Å². The molecule has 89 heavy (non-hydrogen) atoms. The molecule has 4 aliphatic heterocycles. The van der Waals surface area contributed by atoms with Crippen LogP contribution in [0.25, 0.3) is 11.1 Å². The van der Waals surface area contributed by atoms with Crippen molar-refractivity contribution in [2.75, 3.05) is 4.90 Å². The Hall–Kier alpha value is -7.85. The number of carboxylic acid groups (broad SMARTS) is 1. The number of aromatic carboxylic acids is 1. The van der Waals surface area contributed by atoms with Crippen LogP contribution in [0, 0.1) is 17.8 Å². The summed E-state index contributed by atoms with van der Waals surface area (Å²) in [5.41, 5.74) is 20.2. The number of aromatic nitrogens is 1. The third-order valence-electron chi connectivity index (χ3n) is 17.2. The van der Waals surface area contributed by atoms with Gasteiger partial charge in [-0.15, -0.1) is 29.8 Å². The third-order valence-corrected chi connectivity index (χ3v) is 17.2. The molecular weight excluding hydrogens is 1140 g/mol. The summed E-state index contributed by atoms with van der Waals surface area (Å²) in [7, 11) is 0. The van der Waals surface area contributed by atoms with E-state index in [2.05, 4.69) is 247 Å². The fourth-order valence-corrected chi connectivity index (χ4v) is 11.7. The van der Waals surface area contributed by atoms with E-state index in [0.29, 0.717) is 22.5 Å². The first-order valence-electron chi connectivity index (χ1n) is 32.1. The number of aryl methyl sites for hydroxylation is 2. The van der Waals surface area contributed by atoms with Crippen LogP contribution in [0.2, 0.25) is 0 Å². The molecule has 0 saturated heterocycles. The second-order valence-electron chi connectivity index (χ2n) is 28.4. The molecule has 8 bridgehead atoms. The van der Waals surface area contributed by atoms with E-state index in [-0.39, 0.29) is 46.7 Å². The molecule has 0 saturated carbocycles. The van der Waals surface area contributed by atoms with Crippen molar-refractivity contribution in [2.45, 2.75) is 183 Å². The van der Waals surface area contributed by atoms with Gasteiger partial charge in [0.1, 0.15) is 0 Å². The smallest absolute Gasteiger partial charge is 0.478 e. The Kier molecular flexibility index (Phi) is 20.0. The predicted octanol–water partition coefficient (Wildman–Crippen LogP) is 20.2. The number of hydrogen-bond acceptors (Lipinski definition) is 6. The second kappa shape index (κ2) is 27.1. The Labute approximate surface area is 544 Å². The first-order chi connectivity index (χ1) is 41.9. The zero-order valence-corrected chi connectivity index (χ0v) is 58.3. The van der Waals surface area contributed by atoms with Gasteiger partial charge >= 0.3 is 25.4 Å². The van der Waals surface area contributed by atoms with Crippen LogP contribution in [-0.2, 0) is 54.0 Å². The summed E-state index contributed by atoms with van der Waals surface area (Å²) in [4.78, 5) is 37.2. The van der Waals surface area contributed by atoms with E-state index in [4.69, 9.17) is 20.0 Å². The number of carboxylic acids is 1. The standard InChI is InChI=1S/C81H89N5O2.Zn/c1-15-17-19-21-23-53-27-34-63(35-28-53)86(64-36-29-54(30-37-64)24-22-20-18-16-2)76-72-45-43-70(84-72)74(57-47-59(78(3,4)5)51-60(48-57)79(6,7)8)68-41-39-66(82-68)65(38-31-55-25-32-56(33-26-55)77(87)88)67-40-42-69(83-67)75(71-44-46-73(76)85-71)58-49-61(80(9,10)11)52-62(50-58)81(12,13)14;/h25-30,32-37,39-52H,15-24H2,1-14H3,(H,87,88);/q-2;+2. The fourth-order valence-electron chi connectivity index (χ4n) is 11.7. The Balaban J connectivity index is 0.00000941. The van der Waals surface area contributed by atoms with E-state index in [1.54, 1.807) is 24.3 Å². The molecule has 5 aromatic carbocycles. The summed E-state index contributed by atoms with van der Waals surface area (Å²) < 4.78 is 0. The number of aliphatic imine (C=N–C) groups is 3. The van der Waals surface area contributed by atoms with Gasteiger partial charge in [0.2, 0.25) is 0 Å². The van der Waals surface area contributed by atoms with E-state index in [0.717, 1.165) is 99.6 Å². The van der Waals surface area contributed by atoms with Gasteiger partial charge in [-0.2, -0.15) is 0 Å². The van der Waals surface area contributed by atoms with Crippen LogP contribution in [0.3, 0.4) is 0 Å². The number of hydrogen-bond donors (Lipinski definition) is 1. The number of anilines is 2. The van der Waals surface area contributed by atoms with Crippen molar-refractivity contribution in [3.8, 4) is 11.8 Å². The molecule has 0 fully saturated rings. The van der Waals surface area contributed by atoms with Gasteiger partial charge in [0.05, 0.1) is 28.4 Å². The summed E-state index contributed by atoms with van der Waals surface area (Å²) in [6.07, 6.45) is 24.6. The molecule has 8 heteroatoms. The molecule has 0 aliphatic carbocycles. The largest absolute Gasteiger partial charge is 2.00 e. The van der Waals surface area contributed by atoms with E-state index < -0.39 is 5.97 Å². The van der Waals surface area contributed by atoms with Gasteiger partial charge in [-0.05, 0) is 148 Å². The van der Waals surface area contributed by atoms with Crippen LogP contribution in [0.15, 0.2) is 196 Å². The third kappa shape index (κ3) is 15.3. The summed E-state index contributed by atoms with van der Waals surface area (Å²) in [5, 5.41) is 9.77. The Bertz CT molecular complexity index is 3860. The number of carbonyl (C=O) groups is 1. The summed E-state index contributed by atoms with van der Waals surface area (Å²) >= 11 is 0. The molecule has 5 heterocycles. The Morgan fingerprint density at radius 3 is 1.52 bits per heavy atom. The molecule has 1 aromatic heterocycles. The summed E-state index contributed by atoms with van der Waals surface area (Å²) in [5.74, 6) is 6.83. The number of fused-ring (bicyclic) bond motifs is 5. The minimum atomic E-state index is -0.988. The van der Waals surface area contributed by atoms with Gasteiger partial charge in [-0.1, -0.05) is 242 Å². The zero-order chi connectivity index (χ0) is 62.7. The Morgan fingerprint density at radius 1 is 0.539 bits per heavy atom. The first-order valence-corrected chi connectivity index (χ1v) is 32.1. The average molecular weight is 1230 g/mol. The van der Waals surface area contributed by atoms with Gasteiger partial charge in [0, 0.05) is 39.6 Å². The number of nitrogens with zero attached hydrogens (tertiary/aromatic N) is 5. The molecule has 10 rings (SSSR count). The molecule has 7 nitrogen and oxygen atoms in total. The molecule has 0 atom stereocenters. The maximum Gasteiger partial charge on any atom is 2.00 e. The molecule has 0 amide bonds. The van der Waals surface area contributed by atoms with E-state index >= 15 is 0 Å². The first kappa shape index (κ1) is 65.6. The molecule has 0 radical (unpaired) electrons. The molecule has 6 aromatic rings. The minimum absolute atomic E-state index is 0. The van der Waals surface area contributed by atoms with Crippen molar-refractivity contribution >= 4 is 45.6 Å². The van der Waals surface area contributed by atoms with Crippen molar-refractivity contribution in [3.63, 3.8) is 0 Å². The van der Waals surface area contributed by atoms with Crippen LogP contribution in [0.1, 0.15) is 220 Å². The molecule has 0 spiro atoms. The number of allylic oxidation sites excluding steroid dienone is 7. The monoisotopic (exact) mass is 1230 g/mol. The van der Waals surface area contributed by atoms with Crippen molar-refractivity contribution in [1.82, 2.24) is 4.98 Å². The molecule has 1 N–H and O–H groups in total. The summed E-state index contributed by atoms with van der Waals surface area (Å²) in [6.45, 7) is 31.9. The maximum absolute atomic E-state index is 11.9. The number of rotatable bonds is 16. The normalized spacial score (nSPS) is 14.9. The topological polar surface area (TPSA) is 90.5 Å². The minimum Gasteiger partial charge on any atom is -0.478 e. The fraction of sp³-hybridized carbons (Fsp3) is 0.346. The molecular formula is C81H89N5O2Zn. The SMILES string of the molecule is CCCCCCc1ccc(N(C2=C3C=CC(=N3)[C-](c3cc(C(C)(C)C)cc(C(C)(C)C)c3)C3=NC(=C(C#Cc4ccc(C(=O)O)cc4)c4c[cH-]c(n4)C(c4cc(C(C)(C)C)cc(C(C)(C)C)c4)=C4C=CC2=N4)C=C3)c2ccc(CCCCCC)cc2)cc1.[Zn+2]. The van der Waals surface area contributed by atoms with Crippen molar-refractivity contribution in [2.24, 2.45) is 15.0 Å². The number of benzene rings is 5. The average Bonchev–Trinajstić information content (AvgIpc) is 1.98. The zero-order valence-electron chi connectivity index (χ0n) is 55.4. The predicted molar refractivity (Wildman–Crippen MR) is 371 cm³/mol. The van der Waals surface area contributed by atoms with Crippen molar-refractivity contribution < 1.29 is 29.4 Å². The van der Waals surface area contributed by atoms with Crippen LogP contribution >= 0.6 is 0 Å². The summed E-state index contributed by atoms with van der Waals surface area (Å²) in [6, 6.07) is 43.3. The van der Waals surface area contributed by atoms with Gasteiger partial charge < -0.3 is 15.0 Å². The van der Waals surface area contributed by atoms with Gasteiger partial charge in [0.25, 0.3) is 0 Å². The van der Waals surface area contributed by atoms with Gasteiger partial charge in [-0.3, -0.25) is 15.0 Å². The maximum atomic E-state index is 11.9. The van der Waals surface area contributed by atoms with E-state index in [1.165, 1.54) is 71.9 Å².